The Morgan fingerprint density at radius 2 is 1.35 bits per heavy atom. The minimum atomic E-state index is -1.69. The molecule has 0 aliphatic carbocycles. The predicted molar refractivity (Wildman–Crippen MR) is 134 cm³/mol. The fourth-order valence-electron chi connectivity index (χ4n) is 3.45. The van der Waals surface area contributed by atoms with E-state index in [0.29, 0.717) is 18.4 Å². The van der Waals surface area contributed by atoms with Crippen molar-refractivity contribution >= 4 is 29.7 Å². The van der Waals surface area contributed by atoms with E-state index in [9.17, 15) is 34.2 Å². The normalized spacial score (nSPS) is 15.8. The molecular weight excluding hydrogens is 484 g/mol. The Morgan fingerprint density at radius 1 is 0.811 bits per heavy atom. The number of aliphatic carboxylic acids is 2. The van der Waals surface area contributed by atoms with E-state index in [2.05, 4.69) is 16.0 Å². The second kappa shape index (κ2) is 14.8. The van der Waals surface area contributed by atoms with Gasteiger partial charge in [0.05, 0.1) is 12.5 Å². The molecule has 12 nitrogen and oxygen atoms in total. The Kier molecular flexibility index (Phi) is 12.5. The van der Waals surface area contributed by atoms with Gasteiger partial charge in [0.1, 0.15) is 23.9 Å². The monoisotopic (exact) mass is 522 g/mol. The van der Waals surface area contributed by atoms with Crippen LogP contribution in [-0.4, -0.2) is 69.1 Å². The zero-order valence-electron chi connectivity index (χ0n) is 21.6. The molecule has 0 saturated heterocycles. The van der Waals surface area contributed by atoms with E-state index < -0.39 is 66.2 Å². The second-order valence-corrected chi connectivity index (χ2v) is 9.21. The van der Waals surface area contributed by atoms with E-state index in [1.165, 1.54) is 12.1 Å². The highest BCUT2D eigenvalue weighted by Crippen LogP contribution is 2.14. The van der Waals surface area contributed by atoms with Crippen LogP contribution >= 0.6 is 0 Å². The quantitative estimate of drug-likeness (QED) is 0.169. The average Bonchev–Trinajstić information content (AvgIpc) is 2.85. The number of phenols is 1. The summed E-state index contributed by atoms with van der Waals surface area (Å²) < 4.78 is 0. The molecule has 0 aliphatic rings. The highest BCUT2D eigenvalue weighted by Gasteiger charge is 2.33. The number of benzene rings is 1. The maximum atomic E-state index is 13.3. The Bertz CT molecular complexity index is 953. The van der Waals surface area contributed by atoms with Crippen LogP contribution in [0.4, 0.5) is 0 Å². The lowest BCUT2D eigenvalue weighted by atomic mass is 9.96. The fraction of sp³-hybridized carbons (Fsp3) is 0.560. The number of nitrogens with one attached hydrogen (secondary N) is 3. The zero-order chi connectivity index (χ0) is 28.3. The minimum Gasteiger partial charge on any atom is -0.508 e. The van der Waals surface area contributed by atoms with Crippen molar-refractivity contribution in [3.8, 4) is 5.75 Å². The number of carbonyl (C=O) groups is 5. The van der Waals surface area contributed by atoms with Gasteiger partial charge in [0.15, 0.2) is 0 Å². The van der Waals surface area contributed by atoms with Crippen LogP contribution in [0, 0.1) is 11.8 Å². The first kappa shape index (κ1) is 31.4. The van der Waals surface area contributed by atoms with Crippen molar-refractivity contribution in [2.45, 2.75) is 77.5 Å². The molecule has 3 amide bonds. The number of nitrogens with two attached hydrogens (primary N) is 1. The van der Waals surface area contributed by atoms with Gasteiger partial charge in [-0.2, -0.15) is 0 Å². The minimum absolute atomic E-state index is 0.0235. The molecule has 37 heavy (non-hydrogen) atoms. The summed E-state index contributed by atoms with van der Waals surface area (Å²) >= 11 is 0. The first-order chi connectivity index (χ1) is 17.3. The number of carboxylic acids is 2. The molecule has 0 aliphatic heterocycles. The largest absolute Gasteiger partial charge is 0.508 e. The average molecular weight is 523 g/mol. The van der Waals surface area contributed by atoms with Crippen LogP contribution in [0.3, 0.4) is 0 Å². The maximum Gasteiger partial charge on any atom is 0.326 e. The predicted octanol–water partition coefficient (Wildman–Crippen LogP) is 0.368. The topological polar surface area (TPSA) is 208 Å². The van der Waals surface area contributed by atoms with Crippen LogP contribution < -0.4 is 21.7 Å². The Balaban J connectivity index is 3.19. The summed E-state index contributed by atoms with van der Waals surface area (Å²) in [6.07, 6.45) is 0.260. The Labute approximate surface area is 216 Å². The van der Waals surface area contributed by atoms with Gasteiger partial charge in [-0.25, -0.2) is 4.79 Å². The van der Waals surface area contributed by atoms with Crippen LogP contribution in [0.1, 0.15) is 52.5 Å². The highest BCUT2D eigenvalue weighted by molar-refractivity contribution is 5.95. The zero-order valence-corrected chi connectivity index (χ0v) is 21.6. The molecule has 1 aromatic carbocycles. The van der Waals surface area contributed by atoms with E-state index in [4.69, 9.17) is 10.8 Å². The number of hydrogen-bond donors (Lipinski definition) is 7. The molecule has 6 unspecified atom stereocenters. The molecule has 1 rings (SSSR count). The van der Waals surface area contributed by atoms with Crippen molar-refractivity contribution in [2.24, 2.45) is 17.6 Å². The summed E-state index contributed by atoms with van der Waals surface area (Å²) in [7, 11) is 0. The first-order valence-electron chi connectivity index (χ1n) is 12.2. The van der Waals surface area contributed by atoms with Crippen molar-refractivity contribution < 1.29 is 39.3 Å². The molecule has 0 saturated carbocycles. The van der Waals surface area contributed by atoms with Crippen molar-refractivity contribution in [2.75, 3.05) is 0 Å². The summed E-state index contributed by atoms with van der Waals surface area (Å²) in [4.78, 5) is 61.5. The Hall–Kier alpha value is -3.67. The first-order valence-corrected chi connectivity index (χ1v) is 12.2. The summed E-state index contributed by atoms with van der Waals surface area (Å²) in [6.45, 7) is 7.12. The summed E-state index contributed by atoms with van der Waals surface area (Å²) in [5, 5.41) is 35.2. The van der Waals surface area contributed by atoms with Gasteiger partial charge in [-0.1, -0.05) is 52.7 Å². The molecule has 0 heterocycles. The van der Waals surface area contributed by atoms with Gasteiger partial charge in [0, 0.05) is 6.42 Å². The van der Waals surface area contributed by atoms with E-state index in [1.54, 1.807) is 32.9 Å². The van der Waals surface area contributed by atoms with Gasteiger partial charge in [-0.05, 0) is 29.5 Å². The van der Waals surface area contributed by atoms with Gasteiger partial charge in [-0.3, -0.25) is 19.2 Å². The molecule has 8 N–H and O–H groups in total. The number of amides is 3. The molecule has 206 valence electrons. The number of carbonyl (C=O) groups excluding carboxylic acids is 3. The SMILES string of the molecule is CCC(C)C(N)C(=O)NC(Cc1ccc(O)cc1)C(=O)NC(C(=O)NC(CC(=O)O)C(=O)O)C(C)CC. The third kappa shape index (κ3) is 10.1. The van der Waals surface area contributed by atoms with E-state index in [0.717, 1.165) is 0 Å². The molecule has 0 aromatic heterocycles. The molecule has 0 radical (unpaired) electrons. The molecule has 1 aromatic rings. The lowest BCUT2D eigenvalue weighted by Crippen LogP contribution is -2.59. The van der Waals surface area contributed by atoms with Crippen LogP contribution in [0.5, 0.6) is 5.75 Å². The van der Waals surface area contributed by atoms with Crippen molar-refractivity contribution in [3.63, 3.8) is 0 Å². The van der Waals surface area contributed by atoms with Gasteiger partial charge in [-0.15, -0.1) is 0 Å². The molecule has 6 atom stereocenters. The van der Waals surface area contributed by atoms with Gasteiger partial charge < -0.3 is 37.0 Å². The van der Waals surface area contributed by atoms with Crippen molar-refractivity contribution in [1.29, 1.82) is 0 Å². The number of carboxylic acid groups (broad SMARTS) is 2. The number of rotatable bonds is 15. The van der Waals surface area contributed by atoms with Gasteiger partial charge >= 0.3 is 11.9 Å². The van der Waals surface area contributed by atoms with Crippen molar-refractivity contribution in [3.05, 3.63) is 29.8 Å². The maximum absolute atomic E-state index is 13.3. The number of hydrogen-bond acceptors (Lipinski definition) is 7. The fourth-order valence-corrected chi connectivity index (χ4v) is 3.45. The van der Waals surface area contributed by atoms with E-state index in [1.807, 2.05) is 6.92 Å². The van der Waals surface area contributed by atoms with E-state index >= 15 is 0 Å². The standard InChI is InChI=1S/C25H38N4O8/c1-5-13(3)20(26)23(34)27-17(11-15-7-9-16(30)10-8-15)22(33)29-21(14(4)6-2)24(35)28-18(25(36)37)12-19(31)32/h7-10,13-14,17-18,20-21,30H,5-6,11-12,26H2,1-4H3,(H,27,34)(H,28,35)(H,29,33)(H,31,32)(H,36,37). The Morgan fingerprint density at radius 3 is 1.84 bits per heavy atom. The van der Waals surface area contributed by atoms with Crippen LogP contribution in [0.2, 0.25) is 0 Å². The smallest absolute Gasteiger partial charge is 0.326 e. The van der Waals surface area contributed by atoms with Crippen LogP contribution in [0.15, 0.2) is 24.3 Å². The lowest BCUT2D eigenvalue weighted by Gasteiger charge is -2.28. The summed E-state index contributed by atoms with van der Waals surface area (Å²) in [5.74, 6) is -5.63. The third-order valence-corrected chi connectivity index (χ3v) is 6.36. The second-order valence-electron chi connectivity index (χ2n) is 9.21. The molecule has 0 fully saturated rings. The summed E-state index contributed by atoms with van der Waals surface area (Å²) in [6, 6.07) is 1.13. The molecular formula is C25H38N4O8. The third-order valence-electron chi connectivity index (χ3n) is 6.36. The van der Waals surface area contributed by atoms with Crippen LogP contribution in [-0.2, 0) is 30.4 Å². The van der Waals surface area contributed by atoms with E-state index in [-0.39, 0.29) is 18.1 Å². The van der Waals surface area contributed by atoms with Crippen LogP contribution in [0.25, 0.3) is 0 Å². The van der Waals surface area contributed by atoms with Gasteiger partial charge in [0.25, 0.3) is 0 Å². The lowest BCUT2D eigenvalue weighted by molar-refractivity contribution is -0.147. The highest BCUT2D eigenvalue weighted by atomic mass is 16.4. The number of phenolic OH excluding ortho intramolecular Hbond substituents is 1. The molecule has 0 bridgehead atoms. The van der Waals surface area contributed by atoms with Gasteiger partial charge in [0.2, 0.25) is 17.7 Å². The number of aromatic hydroxyl groups is 1. The summed E-state index contributed by atoms with van der Waals surface area (Å²) in [5.41, 5.74) is 6.65. The molecule has 12 heteroatoms. The van der Waals surface area contributed by atoms with Crippen molar-refractivity contribution in [1.82, 2.24) is 16.0 Å². The molecule has 0 spiro atoms.